The highest BCUT2D eigenvalue weighted by Gasteiger charge is 2.24. The maximum atomic E-state index is 9.49. The fourth-order valence-corrected chi connectivity index (χ4v) is 4.94. The third kappa shape index (κ3) is 6.94. The molecular formula is C25H37ClN8. The Morgan fingerprint density at radius 1 is 1.03 bits per heavy atom. The van der Waals surface area contributed by atoms with Gasteiger partial charge in [-0.25, -0.2) is 0 Å². The first-order valence-electron chi connectivity index (χ1n) is 12.5. The van der Waals surface area contributed by atoms with E-state index in [1.165, 1.54) is 38.5 Å². The van der Waals surface area contributed by atoms with Crippen molar-refractivity contribution >= 4 is 23.5 Å². The van der Waals surface area contributed by atoms with Crippen molar-refractivity contribution in [2.45, 2.75) is 70.4 Å². The lowest BCUT2D eigenvalue weighted by molar-refractivity contribution is -0.00000745. The number of aromatic nitrogens is 3. The highest BCUT2D eigenvalue weighted by atomic mass is 35.5. The number of para-hydroxylation sites is 1. The molecular weight excluding hydrogens is 448 g/mol. The van der Waals surface area contributed by atoms with Gasteiger partial charge in [0.25, 0.3) is 0 Å². The number of nitriles is 1. The van der Waals surface area contributed by atoms with Gasteiger partial charge in [0.05, 0.1) is 6.07 Å². The van der Waals surface area contributed by atoms with E-state index in [4.69, 9.17) is 15.0 Å². The number of likely N-dealkylation sites (tertiary alicyclic amines) is 1. The number of likely N-dealkylation sites (N-methyl/N-ethyl adjacent to an activating group) is 1. The number of anilines is 4. The van der Waals surface area contributed by atoms with Gasteiger partial charge in [-0.1, -0.05) is 50.8 Å². The fourth-order valence-electron chi connectivity index (χ4n) is 4.94. The Morgan fingerprint density at radius 3 is 2.47 bits per heavy atom. The molecule has 1 saturated carbocycles. The Labute approximate surface area is 211 Å². The fraction of sp³-hybridized carbons (Fsp3) is 0.600. The Hall–Kier alpha value is -2.63. The van der Waals surface area contributed by atoms with E-state index >= 15 is 0 Å². The molecule has 9 heteroatoms. The first-order chi connectivity index (χ1) is 16.3. The molecule has 0 bridgehead atoms. The number of rotatable bonds is 9. The van der Waals surface area contributed by atoms with Crippen molar-refractivity contribution in [2.24, 2.45) is 0 Å². The molecule has 184 valence electrons. The predicted molar refractivity (Wildman–Crippen MR) is 134 cm³/mol. The molecule has 1 atom stereocenters. The number of hydrogen-bond donors (Lipinski definition) is 2. The second kappa shape index (κ2) is 13.3. The lowest BCUT2D eigenvalue weighted by atomic mass is 10.1. The van der Waals surface area contributed by atoms with Crippen molar-refractivity contribution in [3.05, 3.63) is 30.3 Å². The minimum atomic E-state index is 0. The normalized spacial score (nSPS) is 19.0. The summed E-state index contributed by atoms with van der Waals surface area (Å²) in [5, 5.41) is 16.5. The average molecular weight is 485 g/mol. The molecule has 34 heavy (non-hydrogen) atoms. The lowest BCUT2D eigenvalue weighted by Gasteiger charge is -2.24. The SMILES string of the molecule is CCN1CCCC1CNc1nc(NC2CCCCCC2)nc(N(CC#N)c2ccccc2)n1.[Cl-].[H+]. The van der Waals surface area contributed by atoms with Crippen molar-refractivity contribution in [1.29, 1.82) is 5.26 Å². The van der Waals surface area contributed by atoms with E-state index in [0.717, 1.165) is 38.2 Å². The van der Waals surface area contributed by atoms with E-state index in [2.05, 4.69) is 28.5 Å². The zero-order valence-electron chi connectivity index (χ0n) is 21.1. The third-order valence-electron chi connectivity index (χ3n) is 6.75. The molecule has 1 saturated heterocycles. The van der Waals surface area contributed by atoms with Crippen LogP contribution in [0, 0.1) is 11.3 Å². The molecule has 1 unspecified atom stereocenters. The van der Waals surface area contributed by atoms with Gasteiger partial charge in [0.2, 0.25) is 17.8 Å². The highest BCUT2D eigenvalue weighted by Crippen LogP contribution is 2.25. The number of hydrogen-bond acceptors (Lipinski definition) is 8. The van der Waals surface area contributed by atoms with E-state index in [9.17, 15) is 5.26 Å². The van der Waals surface area contributed by atoms with Crippen molar-refractivity contribution < 1.29 is 13.8 Å². The Kier molecular flexibility index (Phi) is 10.2. The van der Waals surface area contributed by atoms with Crippen LogP contribution in [0.4, 0.5) is 23.5 Å². The molecule has 8 nitrogen and oxygen atoms in total. The van der Waals surface area contributed by atoms with Crippen LogP contribution < -0.4 is 27.9 Å². The summed E-state index contributed by atoms with van der Waals surface area (Å²) < 4.78 is 0. The summed E-state index contributed by atoms with van der Waals surface area (Å²) in [7, 11) is 0. The molecule has 2 aliphatic rings. The first-order valence-corrected chi connectivity index (χ1v) is 12.5. The van der Waals surface area contributed by atoms with E-state index in [1.807, 2.05) is 35.2 Å². The van der Waals surface area contributed by atoms with Crippen LogP contribution in [-0.2, 0) is 0 Å². The summed E-state index contributed by atoms with van der Waals surface area (Å²) in [5.74, 6) is 1.65. The van der Waals surface area contributed by atoms with Crippen molar-refractivity contribution in [1.82, 2.24) is 19.9 Å². The standard InChI is InChI=1S/C25H36N8.ClH/c1-2-32-17-10-15-22(32)19-27-23-29-24(28-20-11-6-3-4-7-12-20)31-25(30-23)33(18-16-26)21-13-8-5-9-14-21;/h5,8-9,13-14,20,22H,2-4,6-7,10-12,15,17-19H2,1H3,(H2,27,28,29,30,31);1H. The minimum absolute atomic E-state index is 0. The van der Waals surface area contributed by atoms with Gasteiger partial charge in [0, 0.05) is 24.3 Å². The molecule has 2 heterocycles. The van der Waals surface area contributed by atoms with Gasteiger partial charge in [0.15, 0.2) is 0 Å². The first kappa shape index (κ1) is 26.0. The van der Waals surface area contributed by atoms with Crippen LogP contribution in [-0.4, -0.2) is 58.1 Å². The second-order valence-electron chi connectivity index (χ2n) is 9.00. The number of benzene rings is 1. The Morgan fingerprint density at radius 2 is 1.76 bits per heavy atom. The molecule has 1 aliphatic carbocycles. The average Bonchev–Trinajstić information content (AvgIpc) is 3.16. The van der Waals surface area contributed by atoms with Crippen molar-refractivity contribution in [3.8, 4) is 6.07 Å². The van der Waals surface area contributed by atoms with Crippen LogP contribution in [0.2, 0.25) is 0 Å². The summed E-state index contributed by atoms with van der Waals surface area (Å²) in [5.41, 5.74) is 0.893. The van der Waals surface area contributed by atoms with Crippen LogP contribution >= 0.6 is 0 Å². The maximum Gasteiger partial charge on any atom is 1.00 e. The number of nitrogens with zero attached hydrogens (tertiary/aromatic N) is 6. The third-order valence-corrected chi connectivity index (χ3v) is 6.75. The maximum absolute atomic E-state index is 9.49. The Bertz CT molecular complexity index is 917. The van der Waals surface area contributed by atoms with Crippen LogP contribution in [0.25, 0.3) is 0 Å². The highest BCUT2D eigenvalue weighted by molar-refractivity contribution is 5.60. The summed E-state index contributed by atoms with van der Waals surface area (Å²) >= 11 is 0. The van der Waals surface area contributed by atoms with E-state index in [-0.39, 0.29) is 20.4 Å². The largest absolute Gasteiger partial charge is 1.00 e. The second-order valence-corrected chi connectivity index (χ2v) is 9.00. The van der Waals surface area contributed by atoms with Crippen molar-refractivity contribution in [2.75, 3.05) is 41.7 Å². The smallest absolute Gasteiger partial charge is 1.00 e. The molecule has 1 aromatic heterocycles. The van der Waals surface area contributed by atoms with E-state index in [0.29, 0.717) is 29.9 Å². The van der Waals surface area contributed by atoms with E-state index < -0.39 is 0 Å². The van der Waals surface area contributed by atoms with Crippen LogP contribution in [0.3, 0.4) is 0 Å². The molecule has 4 rings (SSSR count). The zero-order valence-corrected chi connectivity index (χ0v) is 20.8. The summed E-state index contributed by atoms with van der Waals surface area (Å²) in [6.07, 6.45) is 9.77. The van der Waals surface area contributed by atoms with Gasteiger partial charge >= 0.3 is 1.43 Å². The molecule has 0 radical (unpaired) electrons. The number of halogens is 1. The number of nitrogens with one attached hydrogen (secondary N) is 2. The minimum Gasteiger partial charge on any atom is -1.00 e. The molecule has 0 spiro atoms. The van der Waals surface area contributed by atoms with Crippen LogP contribution in [0.1, 0.15) is 59.7 Å². The monoisotopic (exact) mass is 484 g/mol. The molecule has 0 amide bonds. The van der Waals surface area contributed by atoms with Gasteiger partial charge < -0.3 is 23.0 Å². The molecule has 1 aliphatic heterocycles. The van der Waals surface area contributed by atoms with Gasteiger partial charge in [-0.2, -0.15) is 20.2 Å². The van der Waals surface area contributed by atoms with Crippen molar-refractivity contribution in [3.63, 3.8) is 0 Å². The van der Waals surface area contributed by atoms with E-state index in [1.54, 1.807) is 0 Å². The van der Waals surface area contributed by atoms with Crippen LogP contribution in [0.5, 0.6) is 0 Å². The lowest BCUT2D eigenvalue weighted by Crippen LogP contribution is -3.00. The summed E-state index contributed by atoms with van der Waals surface area (Å²) in [6, 6.07) is 13.0. The molecule has 2 aromatic rings. The molecule has 2 N–H and O–H groups in total. The quantitative estimate of drug-likeness (QED) is 0.410. The summed E-state index contributed by atoms with van der Waals surface area (Å²) in [6.45, 7) is 5.41. The van der Waals surface area contributed by atoms with Crippen LogP contribution in [0.15, 0.2) is 30.3 Å². The summed E-state index contributed by atoms with van der Waals surface area (Å²) in [4.78, 5) is 18.6. The predicted octanol–water partition coefficient (Wildman–Crippen LogP) is 1.68. The van der Waals surface area contributed by atoms with Gasteiger partial charge in [-0.3, -0.25) is 9.80 Å². The molecule has 1 aromatic carbocycles. The topological polar surface area (TPSA) is 93.0 Å². The Balaban J connectivity index is 0.00000216. The molecule has 2 fully saturated rings. The van der Waals surface area contributed by atoms with Gasteiger partial charge in [0.1, 0.15) is 6.54 Å². The zero-order chi connectivity index (χ0) is 22.9. The van der Waals surface area contributed by atoms with Gasteiger partial charge in [-0.15, -0.1) is 0 Å². The van der Waals surface area contributed by atoms with Gasteiger partial charge in [-0.05, 0) is 50.9 Å².